The molecule has 11 heavy (non-hydrogen) atoms. The van der Waals surface area contributed by atoms with E-state index in [2.05, 4.69) is 9.69 Å². The highest BCUT2D eigenvalue weighted by Crippen LogP contribution is 2.26. The largest absolute Gasteiger partial charge is 0.395 e. The van der Waals surface area contributed by atoms with Crippen LogP contribution in [-0.4, -0.2) is 10.3 Å². The number of rotatable bonds is 1. The second-order valence-electron chi connectivity index (χ2n) is 2.19. The van der Waals surface area contributed by atoms with E-state index in [0.717, 1.165) is 5.69 Å². The SMILES string of the molecule is CC(=O)Nc1snc(C)c1N. The predicted octanol–water partition coefficient (Wildman–Crippen LogP) is 0.992. The average Bonchev–Trinajstić information content (AvgIpc) is 2.18. The zero-order valence-corrected chi connectivity index (χ0v) is 7.16. The molecule has 1 rings (SSSR count). The zero-order valence-electron chi connectivity index (χ0n) is 6.34. The van der Waals surface area contributed by atoms with E-state index in [0.29, 0.717) is 10.7 Å². The molecule has 1 amide bonds. The molecule has 0 atom stereocenters. The molecule has 0 saturated heterocycles. The first-order valence-electron chi connectivity index (χ1n) is 3.10. The van der Waals surface area contributed by atoms with Gasteiger partial charge in [-0.1, -0.05) is 0 Å². The van der Waals surface area contributed by atoms with Crippen molar-refractivity contribution < 1.29 is 4.79 Å². The number of aromatic nitrogens is 1. The molecule has 0 saturated carbocycles. The van der Waals surface area contributed by atoms with Crippen LogP contribution in [0.2, 0.25) is 0 Å². The Labute approximate surface area is 68.6 Å². The number of anilines is 2. The number of carbonyl (C=O) groups is 1. The molecule has 4 nitrogen and oxygen atoms in total. The Balaban J connectivity index is 2.87. The molecule has 0 aliphatic carbocycles. The molecule has 0 fully saturated rings. The zero-order chi connectivity index (χ0) is 8.43. The molecular formula is C6H9N3OS. The summed E-state index contributed by atoms with van der Waals surface area (Å²) in [6, 6.07) is 0. The van der Waals surface area contributed by atoms with Crippen LogP contribution in [0.15, 0.2) is 0 Å². The predicted molar refractivity (Wildman–Crippen MR) is 45.6 cm³/mol. The number of nitrogens with one attached hydrogen (secondary N) is 1. The molecule has 1 aromatic heterocycles. The van der Waals surface area contributed by atoms with E-state index < -0.39 is 0 Å². The Hall–Kier alpha value is -1.10. The van der Waals surface area contributed by atoms with Crippen molar-refractivity contribution in [3.8, 4) is 0 Å². The van der Waals surface area contributed by atoms with Gasteiger partial charge in [-0.15, -0.1) is 0 Å². The lowest BCUT2D eigenvalue weighted by atomic mass is 10.4. The molecule has 0 bridgehead atoms. The van der Waals surface area contributed by atoms with E-state index in [1.165, 1.54) is 18.5 Å². The van der Waals surface area contributed by atoms with Crippen LogP contribution in [0.25, 0.3) is 0 Å². The number of amides is 1. The monoisotopic (exact) mass is 171 g/mol. The molecule has 0 aliphatic heterocycles. The molecule has 0 aromatic carbocycles. The summed E-state index contributed by atoms with van der Waals surface area (Å²) < 4.78 is 3.97. The van der Waals surface area contributed by atoms with E-state index in [1.54, 1.807) is 6.92 Å². The lowest BCUT2D eigenvalue weighted by Crippen LogP contribution is -2.05. The van der Waals surface area contributed by atoms with Crippen LogP contribution < -0.4 is 11.1 Å². The Bertz CT molecular complexity index is 281. The summed E-state index contributed by atoms with van der Waals surface area (Å²) in [5.74, 6) is -0.125. The molecule has 1 heterocycles. The van der Waals surface area contributed by atoms with Crippen LogP contribution in [-0.2, 0) is 4.79 Å². The third-order valence-electron chi connectivity index (χ3n) is 1.20. The van der Waals surface area contributed by atoms with Crippen LogP contribution in [0.3, 0.4) is 0 Å². The summed E-state index contributed by atoms with van der Waals surface area (Å²) in [6.45, 7) is 3.24. The second kappa shape index (κ2) is 2.87. The van der Waals surface area contributed by atoms with Gasteiger partial charge in [-0.2, -0.15) is 4.37 Å². The quantitative estimate of drug-likeness (QED) is 0.662. The smallest absolute Gasteiger partial charge is 0.221 e. The number of hydrogen-bond acceptors (Lipinski definition) is 4. The van der Waals surface area contributed by atoms with Gasteiger partial charge < -0.3 is 11.1 Å². The summed E-state index contributed by atoms with van der Waals surface area (Å²) in [5, 5.41) is 3.22. The summed E-state index contributed by atoms with van der Waals surface area (Å²) in [6.07, 6.45) is 0. The highest BCUT2D eigenvalue weighted by molar-refractivity contribution is 7.11. The molecule has 1 aromatic rings. The Morgan fingerprint density at radius 3 is 2.73 bits per heavy atom. The maximum absolute atomic E-state index is 10.6. The molecule has 3 N–H and O–H groups in total. The normalized spacial score (nSPS) is 9.64. The molecule has 0 spiro atoms. The number of hydrogen-bond donors (Lipinski definition) is 2. The molecule has 0 radical (unpaired) electrons. The van der Waals surface area contributed by atoms with Gasteiger partial charge in [0.15, 0.2) is 0 Å². The van der Waals surface area contributed by atoms with E-state index >= 15 is 0 Å². The third kappa shape index (κ3) is 1.68. The number of nitrogens with zero attached hydrogens (tertiary/aromatic N) is 1. The minimum Gasteiger partial charge on any atom is -0.395 e. The first-order chi connectivity index (χ1) is 5.11. The van der Waals surface area contributed by atoms with Crippen molar-refractivity contribution in [2.45, 2.75) is 13.8 Å². The lowest BCUT2D eigenvalue weighted by molar-refractivity contribution is -0.114. The Kier molecular flexibility index (Phi) is 2.09. The number of nitrogen functional groups attached to an aromatic ring is 1. The summed E-state index contributed by atoms with van der Waals surface area (Å²) >= 11 is 1.20. The second-order valence-corrected chi connectivity index (χ2v) is 2.97. The van der Waals surface area contributed by atoms with Crippen LogP contribution in [0.1, 0.15) is 12.6 Å². The van der Waals surface area contributed by atoms with Crippen LogP contribution in [0.4, 0.5) is 10.7 Å². The first-order valence-corrected chi connectivity index (χ1v) is 3.88. The molecule has 0 aliphatic rings. The Morgan fingerprint density at radius 1 is 1.73 bits per heavy atom. The van der Waals surface area contributed by atoms with Crippen molar-refractivity contribution in [3.05, 3.63) is 5.69 Å². The van der Waals surface area contributed by atoms with Crippen molar-refractivity contribution in [2.24, 2.45) is 0 Å². The van der Waals surface area contributed by atoms with Crippen molar-refractivity contribution in [3.63, 3.8) is 0 Å². The van der Waals surface area contributed by atoms with Crippen molar-refractivity contribution in [1.29, 1.82) is 0 Å². The lowest BCUT2D eigenvalue weighted by Gasteiger charge is -1.96. The maximum Gasteiger partial charge on any atom is 0.221 e. The van der Waals surface area contributed by atoms with Gasteiger partial charge >= 0.3 is 0 Å². The van der Waals surface area contributed by atoms with Crippen LogP contribution in [0.5, 0.6) is 0 Å². The molecule has 60 valence electrons. The highest BCUT2D eigenvalue weighted by Gasteiger charge is 2.06. The van der Waals surface area contributed by atoms with Crippen molar-refractivity contribution in [1.82, 2.24) is 4.37 Å². The topological polar surface area (TPSA) is 68.0 Å². The first kappa shape index (κ1) is 8.00. The summed E-state index contributed by atoms with van der Waals surface area (Å²) in [4.78, 5) is 10.6. The van der Waals surface area contributed by atoms with Gasteiger partial charge in [-0.05, 0) is 18.5 Å². The number of nitrogens with two attached hydrogens (primary N) is 1. The maximum atomic E-state index is 10.6. The molecule has 5 heteroatoms. The fourth-order valence-corrected chi connectivity index (χ4v) is 1.39. The molecular weight excluding hydrogens is 162 g/mol. The minimum atomic E-state index is -0.125. The average molecular weight is 171 g/mol. The standard InChI is InChI=1S/C6H9N3OS/c1-3-5(7)6(11-9-3)8-4(2)10/h7H2,1-2H3,(H,8,10). The number of aryl methyl sites for hydroxylation is 1. The number of carbonyl (C=O) groups excluding carboxylic acids is 1. The van der Waals surface area contributed by atoms with E-state index in [9.17, 15) is 4.79 Å². The van der Waals surface area contributed by atoms with Gasteiger partial charge in [0.1, 0.15) is 5.00 Å². The van der Waals surface area contributed by atoms with Crippen molar-refractivity contribution in [2.75, 3.05) is 11.1 Å². The minimum absolute atomic E-state index is 0.125. The fraction of sp³-hybridized carbons (Fsp3) is 0.333. The van der Waals surface area contributed by atoms with Gasteiger partial charge in [-0.25, -0.2) is 0 Å². The third-order valence-corrected chi connectivity index (χ3v) is 2.07. The highest BCUT2D eigenvalue weighted by atomic mass is 32.1. The van der Waals surface area contributed by atoms with Gasteiger partial charge in [0.25, 0.3) is 0 Å². The Morgan fingerprint density at radius 2 is 2.36 bits per heavy atom. The molecule has 0 unspecified atom stereocenters. The van der Waals surface area contributed by atoms with Gasteiger partial charge in [0.05, 0.1) is 11.4 Å². The van der Waals surface area contributed by atoms with E-state index in [1.807, 2.05) is 0 Å². The van der Waals surface area contributed by atoms with E-state index in [4.69, 9.17) is 5.73 Å². The van der Waals surface area contributed by atoms with Gasteiger partial charge in [0.2, 0.25) is 5.91 Å². The van der Waals surface area contributed by atoms with Crippen LogP contribution >= 0.6 is 11.5 Å². The van der Waals surface area contributed by atoms with Gasteiger partial charge in [-0.3, -0.25) is 4.79 Å². The van der Waals surface area contributed by atoms with Crippen molar-refractivity contribution >= 4 is 28.1 Å². The van der Waals surface area contributed by atoms with Crippen LogP contribution in [0, 0.1) is 6.92 Å². The summed E-state index contributed by atoms with van der Waals surface area (Å²) in [7, 11) is 0. The fourth-order valence-electron chi connectivity index (χ4n) is 0.627. The van der Waals surface area contributed by atoms with E-state index in [-0.39, 0.29) is 5.91 Å². The van der Waals surface area contributed by atoms with Gasteiger partial charge in [0, 0.05) is 6.92 Å². The summed E-state index contributed by atoms with van der Waals surface area (Å²) in [5.41, 5.74) is 6.91.